The Bertz CT molecular complexity index is 1180. The van der Waals surface area contributed by atoms with Crippen LogP contribution < -0.4 is 4.74 Å². The van der Waals surface area contributed by atoms with Gasteiger partial charge in [-0.15, -0.1) is 0 Å². The zero-order valence-corrected chi connectivity index (χ0v) is 22.0. The summed E-state index contributed by atoms with van der Waals surface area (Å²) in [5, 5.41) is 49.6. The molecule has 2 aliphatic heterocycles. The lowest BCUT2D eigenvalue weighted by atomic mass is 9.80. The van der Waals surface area contributed by atoms with Crippen molar-refractivity contribution in [1.29, 1.82) is 0 Å². The van der Waals surface area contributed by atoms with Crippen molar-refractivity contribution in [3.05, 3.63) is 53.9 Å². The van der Waals surface area contributed by atoms with E-state index in [9.17, 15) is 19.5 Å². The molecule has 0 saturated carbocycles. The van der Waals surface area contributed by atoms with E-state index < -0.39 is 42.0 Å². The summed E-state index contributed by atoms with van der Waals surface area (Å²) in [5.41, 5.74) is -0.172. The molecule has 2 saturated heterocycles. The molecule has 0 amide bonds. The first-order valence-corrected chi connectivity index (χ1v) is 12.5. The summed E-state index contributed by atoms with van der Waals surface area (Å²) in [4.78, 5) is 33.0. The molecule has 2 aromatic rings. The number of aliphatic hydroxyl groups is 2. The van der Waals surface area contributed by atoms with Crippen LogP contribution in [-0.4, -0.2) is 82.9 Å². The smallest absolute Gasteiger partial charge is 0.336 e. The van der Waals surface area contributed by atoms with Crippen LogP contribution in [-0.2, 0) is 26.5 Å². The van der Waals surface area contributed by atoms with Crippen LogP contribution in [0.15, 0.2) is 37.0 Å². The highest BCUT2D eigenvalue weighted by Crippen LogP contribution is 2.46. The van der Waals surface area contributed by atoms with Gasteiger partial charge in [-0.1, -0.05) is 18.7 Å². The second-order valence-corrected chi connectivity index (χ2v) is 10.1. The minimum atomic E-state index is -2.74. The minimum Gasteiger partial charge on any atom is -0.497 e. The highest BCUT2D eigenvalue weighted by Gasteiger charge is 2.48. The SMILES string of the molecule is C=Cn1cc(CN2C3CCC2CC(O)(c2ccc(OC)cc2)C3)c(C)n1.O=C(O)CC(O)(CC(=O)O)C(=O)O. The standard InChI is InChI=1S/C21H27N3O2.C6H8O7/c1-4-23-13-16(15(2)22-23)14-24-18-7-8-19(24)12-21(25,11-18)17-5-9-20(26-3)10-6-17;7-3(8)1-6(13,5(11)12)2-4(9)10/h4-6,9-10,13,18-19,25H,1,7-8,11-12,14H2,2-3H3;13H,1-2H2,(H,7,8)(H,9,10)(H,11,12). The Labute approximate surface area is 225 Å². The zero-order valence-electron chi connectivity index (χ0n) is 22.0. The highest BCUT2D eigenvalue weighted by molar-refractivity contribution is 5.88. The molecule has 1 aromatic carbocycles. The Morgan fingerprint density at radius 2 is 1.64 bits per heavy atom. The number of carboxylic acid groups (broad SMARTS) is 3. The topological polar surface area (TPSA) is 183 Å². The van der Waals surface area contributed by atoms with E-state index in [2.05, 4.69) is 29.7 Å². The van der Waals surface area contributed by atoms with Gasteiger partial charge in [0.15, 0.2) is 5.60 Å². The van der Waals surface area contributed by atoms with Crippen LogP contribution in [0.4, 0.5) is 0 Å². The Hall–Kier alpha value is -3.74. The number of hydrogen-bond donors (Lipinski definition) is 5. The molecule has 2 unspecified atom stereocenters. The van der Waals surface area contributed by atoms with E-state index >= 15 is 0 Å². The van der Waals surface area contributed by atoms with E-state index in [0.717, 1.165) is 49.2 Å². The summed E-state index contributed by atoms with van der Waals surface area (Å²) < 4.78 is 7.03. The fourth-order valence-corrected chi connectivity index (χ4v) is 5.39. The fraction of sp³-hybridized carbons (Fsp3) is 0.481. The molecule has 3 heterocycles. The van der Waals surface area contributed by atoms with Crippen molar-refractivity contribution in [2.24, 2.45) is 0 Å². The van der Waals surface area contributed by atoms with Crippen LogP contribution in [0.3, 0.4) is 0 Å². The summed E-state index contributed by atoms with van der Waals surface area (Å²) in [6.07, 6.45) is 5.36. The van der Waals surface area contributed by atoms with Crippen molar-refractivity contribution in [1.82, 2.24) is 14.7 Å². The summed E-state index contributed by atoms with van der Waals surface area (Å²) >= 11 is 0. The summed E-state index contributed by atoms with van der Waals surface area (Å²) in [6, 6.07) is 8.71. The number of aliphatic carboxylic acids is 3. The maximum atomic E-state index is 11.4. The number of aromatic nitrogens is 2. The van der Waals surface area contributed by atoms with Crippen molar-refractivity contribution in [2.75, 3.05) is 7.11 Å². The third-order valence-corrected chi connectivity index (χ3v) is 7.39. The fourth-order valence-electron chi connectivity index (χ4n) is 5.39. The molecule has 1 aromatic heterocycles. The predicted octanol–water partition coefficient (Wildman–Crippen LogP) is 2.07. The Balaban J connectivity index is 0.000000276. The first-order valence-electron chi connectivity index (χ1n) is 12.5. The molecule has 0 aliphatic carbocycles. The van der Waals surface area contributed by atoms with Gasteiger partial charge < -0.3 is 30.3 Å². The van der Waals surface area contributed by atoms with Crippen LogP contribution in [0.25, 0.3) is 6.20 Å². The van der Waals surface area contributed by atoms with Crippen LogP contribution in [0.1, 0.15) is 55.3 Å². The minimum absolute atomic E-state index is 0.410. The number of ether oxygens (including phenoxy) is 1. The third-order valence-electron chi connectivity index (χ3n) is 7.39. The molecule has 0 radical (unpaired) electrons. The number of methoxy groups -OCH3 is 1. The number of rotatable bonds is 10. The first-order chi connectivity index (χ1) is 18.3. The maximum absolute atomic E-state index is 11.4. The van der Waals surface area contributed by atoms with E-state index in [1.807, 2.05) is 24.3 Å². The molecule has 2 aliphatic rings. The molecule has 12 nitrogen and oxygen atoms in total. The molecule has 5 N–H and O–H groups in total. The van der Waals surface area contributed by atoms with Gasteiger partial charge in [-0.2, -0.15) is 5.10 Å². The van der Waals surface area contributed by atoms with Crippen LogP contribution in [0.2, 0.25) is 0 Å². The Morgan fingerprint density at radius 3 is 2.05 bits per heavy atom. The van der Waals surface area contributed by atoms with E-state index in [1.54, 1.807) is 18.0 Å². The molecule has 212 valence electrons. The number of carbonyl (C=O) groups is 3. The van der Waals surface area contributed by atoms with Gasteiger partial charge >= 0.3 is 17.9 Å². The van der Waals surface area contributed by atoms with Crippen molar-refractivity contribution in [3.8, 4) is 5.75 Å². The second-order valence-electron chi connectivity index (χ2n) is 10.1. The van der Waals surface area contributed by atoms with Gasteiger partial charge in [0.1, 0.15) is 5.75 Å². The lowest BCUT2D eigenvalue weighted by Crippen LogP contribution is -2.49. The van der Waals surface area contributed by atoms with Gasteiger partial charge in [-0.3, -0.25) is 14.5 Å². The Kier molecular flexibility index (Phi) is 9.15. The monoisotopic (exact) mass is 545 g/mol. The predicted molar refractivity (Wildman–Crippen MR) is 139 cm³/mol. The third kappa shape index (κ3) is 7.02. The van der Waals surface area contributed by atoms with Gasteiger partial charge in [0, 0.05) is 36.6 Å². The number of benzene rings is 1. The van der Waals surface area contributed by atoms with Crippen molar-refractivity contribution in [2.45, 2.75) is 75.3 Å². The number of aryl methyl sites for hydroxylation is 1. The molecule has 2 bridgehead atoms. The number of carboxylic acids is 3. The van der Waals surface area contributed by atoms with E-state index in [0.29, 0.717) is 12.1 Å². The molecular formula is C27H35N3O9. The summed E-state index contributed by atoms with van der Waals surface area (Å²) in [7, 11) is 1.67. The lowest BCUT2D eigenvalue weighted by Gasteiger charge is -2.44. The first kappa shape index (κ1) is 29.8. The zero-order chi connectivity index (χ0) is 29.0. The van der Waals surface area contributed by atoms with Gasteiger partial charge in [-0.25, -0.2) is 9.48 Å². The summed E-state index contributed by atoms with van der Waals surface area (Å²) in [6.45, 7) is 6.73. The van der Waals surface area contributed by atoms with Crippen molar-refractivity contribution in [3.63, 3.8) is 0 Å². The van der Waals surface area contributed by atoms with Gasteiger partial charge in [-0.05, 0) is 50.3 Å². The highest BCUT2D eigenvalue weighted by atomic mass is 16.5. The van der Waals surface area contributed by atoms with Gasteiger partial charge in [0.05, 0.1) is 31.2 Å². The second kappa shape index (κ2) is 12.0. The molecule has 12 heteroatoms. The van der Waals surface area contributed by atoms with Crippen LogP contribution in [0, 0.1) is 6.92 Å². The maximum Gasteiger partial charge on any atom is 0.336 e. The molecular weight excluding hydrogens is 510 g/mol. The van der Waals surface area contributed by atoms with Crippen LogP contribution >= 0.6 is 0 Å². The van der Waals surface area contributed by atoms with Crippen LogP contribution in [0.5, 0.6) is 5.75 Å². The summed E-state index contributed by atoms with van der Waals surface area (Å²) in [5.74, 6) is -4.19. The number of fused-ring (bicyclic) bond motifs is 2. The van der Waals surface area contributed by atoms with Gasteiger partial charge in [0.2, 0.25) is 0 Å². The van der Waals surface area contributed by atoms with E-state index in [1.165, 1.54) is 5.56 Å². The van der Waals surface area contributed by atoms with Crippen molar-refractivity contribution >= 4 is 24.1 Å². The Morgan fingerprint density at radius 1 is 1.10 bits per heavy atom. The van der Waals surface area contributed by atoms with E-state index in [4.69, 9.17) is 25.2 Å². The molecule has 0 spiro atoms. The average molecular weight is 546 g/mol. The van der Waals surface area contributed by atoms with Gasteiger partial charge in [0.25, 0.3) is 0 Å². The number of hydrogen-bond acceptors (Lipinski definition) is 8. The molecule has 39 heavy (non-hydrogen) atoms. The quantitative estimate of drug-likeness (QED) is 0.295. The molecule has 4 rings (SSSR count). The van der Waals surface area contributed by atoms with Crippen molar-refractivity contribution < 1.29 is 44.7 Å². The number of nitrogens with zero attached hydrogens (tertiary/aromatic N) is 3. The molecule has 2 fully saturated rings. The normalized spacial score (nSPS) is 22.5. The molecule has 2 atom stereocenters. The van der Waals surface area contributed by atoms with E-state index in [-0.39, 0.29) is 0 Å². The largest absolute Gasteiger partial charge is 0.497 e. The average Bonchev–Trinajstić information content (AvgIpc) is 3.34. The lowest BCUT2D eigenvalue weighted by molar-refractivity contribution is -0.170. The number of piperidine rings is 1.